The first-order chi connectivity index (χ1) is 12.5. The first-order valence-corrected chi connectivity index (χ1v) is 8.40. The number of carbonyl (C=O) groups is 1. The summed E-state index contributed by atoms with van der Waals surface area (Å²) in [5, 5.41) is 13.2. The van der Waals surface area contributed by atoms with Crippen LogP contribution in [0, 0.1) is 10.1 Å². The van der Waals surface area contributed by atoms with Gasteiger partial charge in [0.25, 0.3) is 11.6 Å². The van der Waals surface area contributed by atoms with Gasteiger partial charge in [-0.3, -0.25) is 14.9 Å². The van der Waals surface area contributed by atoms with Crippen molar-refractivity contribution in [2.75, 3.05) is 7.11 Å². The Kier molecular flexibility index (Phi) is 5.14. The molecule has 1 amide bonds. The SMILES string of the molecule is COc1cc(C=C2SC(=S)NC2=O)ccc1Oc1ccc([N+](=O)[O-])cn1. The number of thioether (sulfide) groups is 1. The molecule has 0 unspecified atom stereocenters. The Labute approximate surface area is 157 Å². The number of amides is 1. The van der Waals surface area contributed by atoms with Gasteiger partial charge in [0, 0.05) is 12.1 Å². The molecule has 2 aromatic rings. The first-order valence-electron chi connectivity index (χ1n) is 7.17. The third-order valence-electron chi connectivity index (χ3n) is 3.27. The van der Waals surface area contributed by atoms with E-state index in [0.29, 0.717) is 20.7 Å². The van der Waals surface area contributed by atoms with E-state index in [1.165, 1.54) is 31.0 Å². The van der Waals surface area contributed by atoms with Gasteiger partial charge in [0.1, 0.15) is 10.5 Å². The average Bonchev–Trinajstić information content (AvgIpc) is 2.93. The molecule has 26 heavy (non-hydrogen) atoms. The van der Waals surface area contributed by atoms with E-state index in [-0.39, 0.29) is 17.5 Å². The van der Waals surface area contributed by atoms with Crippen molar-refractivity contribution in [3.63, 3.8) is 0 Å². The topological polar surface area (TPSA) is 104 Å². The lowest BCUT2D eigenvalue weighted by Gasteiger charge is -2.10. The summed E-state index contributed by atoms with van der Waals surface area (Å²) in [4.78, 5) is 26.2. The first kappa shape index (κ1) is 17.8. The van der Waals surface area contributed by atoms with Gasteiger partial charge in [-0.1, -0.05) is 30.0 Å². The highest BCUT2D eigenvalue weighted by molar-refractivity contribution is 8.26. The number of thiocarbonyl (C=S) groups is 1. The zero-order valence-corrected chi connectivity index (χ0v) is 14.9. The van der Waals surface area contributed by atoms with E-state index in [2.05, 4.69) is 10.3 Å². The fourth-order valence-electron chi connectivity index (χ4n) is 2.08. The summed E-state index contributed by atoms with van der Waals surface area (Å²) in [5.41, 5.74) is 0.602. The number of nitrogens with one attached hydrogen (secondary N) is 1. The molecule has 1 aromatic carbocycles. The molecule has 1 aliphatic heterocycles. The van der Waals surface area contributed by atoms with Gasteiger partial charge in [0.2, 0.25) is 5.88 Å². The predicted octanol–water partition coefficient (Wildman–Crippen LogP) is 3.28. The highest BCUT2D eigenvalue weighted by Gasteiger charge is 2.22. The Hall–Kier alpha value is -2.98. The third-order valence-corrected chi connectivity index (χ3v) is 4.44. The monoisotopic (exact) mass is 389 g/mol. The summed E-state index contributed by atoms with van der Waals surface area (Å²) >= 11 is 6.14. The Morgan fingerprint density at radius 2 is 2.12 bits per heavy atom. The molecule has 2 heterocycles. The Morgan fingerprint density at radius 3 is 2.69 bits per heavy atom. The minimum atomic E-state index is -0.539. The number of ether oxygens (including phenoxy) is 2. The van der Waals surface area contributed by atoms with E-state index in [9.17, 15) is 14.9 Å². The maximum Gasteiger partial charge on any atom is 0.287 e. The molecule has 132 valence electrons. The average molecular weight is 389 g/mol. The summed E-state index contributed by atoms with van der Waals surface area (Å²) in [5.74, 6) is 0.756. The van der Waals surface area contributed by atoms with E-state index < -0.39 is 4.92 Å². The summed E-state index contributed by atoms with van der Waals surface area (Å²) in [6.45, 7) is 0. The van der Waals surface area contributed by atoms with Gasteiger partial charge >= 0.3 is 0 Å². The van der Waals surface area contributed by atoms with Crippen molar-refractivity contribution >= 4 is 46.0 Å². The molecule has 10 heteroatoms. The van der Waals surface area contributed by atoms with E-state index in [4.69, 9.17) is 21.7 Å². The predicted molar refractivity (Wildman–Crippen MR) is 100 cm³/mol. The number of nitro groups is 1. The molecule has 1 aliphatic rings. The number of methoxy groups -OCH3 is 1. The van der Waals surface area contributed by atoms with E-state index >= 15 is 0 Å². The Bertz CT molecular complexity index is 928. The van der Waals surface area contributed by atoms with Crippen LogP contribution < -0.4 is 14.8 Å². The maximum atomic E-state index is 11.7. The molecule has 1 N–H and O–H groups in total. The highest BCUT2D eigenvalue weighted by Crippen LogP contribution is 2.34. The lowest BCUT2D eigenvalue weighted by atomic mass is 10.2. The summed E-state index contributed by atoms with van der Waals surface area (Å²) < 4.78 is 11.3. The molecule has 0 atom stereocenters. The van der Waals surface area contributed by atoms with Gasteiger partial charge in [0.15, 0.2) is 11.5 Å². The Morgan fingerprint density at radius 1 is 1.31 bits per heavy atom. The summed E-state index contributed by atoms with van der Waals surface area (Å²) in [6.07, 6.45) is 2.80. The van der Waals surface area contributed by atoms with E-state index in [1.807, 2.05) is 0 Å². The van der Waals surface area contributed by atoms with Crippen LogP contribution in [0.2, 0.25) is 0 Å². The van der Waals surface area contributed by atoms with Crippen LogP contribution in [-0.2, 0) is 4.79 Å². The largest absolute Gasteiger partial charge is 0.493 e. The number of aromatic nitrogens is 1. The maximum absolute atomic E-state index is 11.7. The molecule has 1 saturated heterocycles. The van der Waals surface area contributed by atoms with E-state index in [0.717, 1.165) is 11.8 Å². The molecular formula is C16H11N3O5S2. The lowest BCUT2D eigenvalue weighted by molar-refractivity contribution is -0.385. The minimum Gasteiger partial charge on any atom is -0.493 e. The lowest BCUT2D eigenvalue weighted by Crippen LogP contribution is -2.17. The highest BCUT2D eigenvalue weighted by atomic mass is 32.2. The molecular weight excluding hydrogens is 378 g/mol. The molecule has 1 aromatic heterocycles. The molecule has 0 spiro atoms. The third kappa shape index (κ3) is 3.98. The normalized spacial score (nSPS) is 15.0. The number of hydrogen-bond acceptors (Lipinski definition) is 8. The Balaban J connectivity index is 1.83. The quantitative estimate of drug-likeness (QED) is 0.360. The summed E-state index contributed by atoms with van der Waals surface area (Å²) in [7, 11) is 1.48. The number of pyridine rings is 1. The molecule has 3 rings (SSSR count). The number of hydrogen-bond donors (Lipinski definition) is 1. The van der Waals surface area contributed by atoms with Crippen LogP contribution >= 0.6 is 24.0 Å². The molecule has 0 aliphatic carbocycles. The second kappa shape index (κ2) is 7.50. The fraction of sp³-hybridized carbons (Fsp3) is 0.0625. The van der Waals surface area contributed by atoms with Crippen molar-refractivity contribution in [3.05, 3.63) is 57.1 Å². The molecule has 0 radical (unpaired) electrons. The van der Waals surface area contributed by atoms with Crippen LogP contribution in [0.15, 0.2) is 41.4 Å². The van der Waals surface area contributed by atoms with E-state index in [1.54, 1.807) is 24.3 Å². The van der Waals surface area contributed by atoms with Crippen LogP contribution in [0.1, 0.15) is 5.56 Å². The summed E-state index contributed by atoms with van der Waals surface area (Å²) in [6, 6.07) is 7.79. The van der Waals surface area contributed by atoms with Crippen LogP contribution in [0.5, 0.6) is 17.4 Å². The van der Waals surface area contributed by atoms with Crippen molar-refractivity contribution in [3.8, 4) is 17.4 Å². The zero-order chi connectivity index (χ0) is 18.7. The molecule has 1 fully saturated rings. The van der Waals surface area contributed by atoms with Crippen LogP contribution in [0.4, 0.5) is 5.69 Å². The van der Waals surface area contributed by atoms with Crippen LogP contribution in [0.3, 0.4) is 0 Å². The van der Waals surface area contributed by atoms with Gasteiger partial charge in [-0.05, 0) is 23.8 Å². The molecule has 8 nitrogen and oxygen atoms in total. The number of nitrogens with zero attached hydrogens (tertiary/aromatic N) is 2. The number of rotatable bonds is 5. The van der Waals surface area contributed by atoms with Gasteiger partial charge in [-0.2, -0.15) is 0 Å². The minimum absolute atomic E-state index is 0.128. The van der Waals surface area contributed by atoms with Crippen LogP contribution in [-0.4, -0.2) is 27.2 Å². The number of benzene rings is 1. The fourth-order valence-corrected chi connectivity index (χ4v) is 3.13. The zero-order valence-electron chi connectivity index (χ0n) is 13.3. The smallest absolute Gasteiger partial charge is 0.287 e. The standard InChI is InChI=1S/C16H11N3O5S2/c1-23-12-6-9(7-13-15(20)18-16(25)26-13)2-4-11(12)24-14-5-3-10(8-17-14)19(21)22/h2-8H,1H3,(H,18,20,25). The van der Waals surface area contributed by atoms with Crippen LogP contribution in [0.25, 0.3) is 6.08 Å². The van der Waals surface area contributed by atoms with Crippen molar-refractivity contribution in [2.45, 2.75) is 0 Å². The van der Waals surface area contributed by atoms with Gasteiger partial charge in [-0.25, -0.2) is 4.98 Å². The van der Waals surface area contributed by atoms with Gasteiger partial charge in [-0.15, -0.1) is 0 Å². The van der Waals surface area contributed by atoms with Crippen molar-refractivity contribution < 1.29 is 19.2 Å². The second-order valence-electron chi connectivity index (χ2n) is 4.98. The van der Waals surface area contributed by atoms with Crippen molar-refractivity contribution in [1.82, 2.24) is 10.3 Å². The van der Waals surface area contributed by atoms with Gasteiger partial charge < -0.3 is 14.8 Å². The van der Waals surface area contributed by atoms with Crippen molar-refractivity contribution in [2.24, 2.45) is 0 Å². The second-order valence-corrected chi connectivity index (χ2v) is 6.70. The molecule has 0 bridgehead atoms. The molecule has 0 saturated carbocycles. The van der Waals surface area contributed by atoms with Crippen molar-refractivity contribution in [1.29, 1.82) is 0 Å². The van der Waals surface area contributed by atoms with Gasteiger partial charge in [0.05, 0.1) is 16.9 Å². The number of carbonyl (C=O) groups excluding carboxylic acids is 1.